The number of hydrogen-bond donors (Lipinski definition) is 4. The summed E-state index contributed by atoms with van der Waals surface area (Å²) < 4.78 is 0. The highest BCUT2D eigenvalue weighted by molar-refractivity contribution is 5.91. The van der Waals surface area contributed by atoms with Crippen LogP contribution in [0.1, 0.15) is 22.8 Å². The zero-order valence-corrected chi connectivity index (χ0v) is 15.3. The molecule has 10 heteroatoms. The van der Waals surface area contributed by atoms with Gasteiger partial charge < -0.3 is 10.2 Å². The molecule has 0 radical (unpaired) electrons. The molecule has 2 rings (SSSR count). The third-order valence-corrected chi connectivity index (χ3v) is 3.40. The van der Waals surface area contributed by atoms with E-state index in [1.54, 1.807) is 50.2 Å². The van der Waals surface area contributed by atoms with Crippen LogP contribution in [0.2, 0.25) is 0 Å². The van der Waals surface area contributed by atoms with Crippen LogP contribution in [-0.2, 0) is 9.59 Å². The van der Waals surface area contributed by atoms with Crippen LogP contribution >= 0.6 is 0 Å². The third kappa shape index (κ3) is 6.34. The molecule has 2 atom stereocenters. The number of carbonyl (C=O) groups is 2. The van der Waals surface area contributed by atoms with Crippen LogP contribution in [-0.4, -0.2) is 56.6 Å². The summed E-state index contributed by atoms with van der Waals surface area (Å²) in [7, 11) is 0. The fourth-order valence-electron chi connectivity index (χ4n) is 2.02. The maximum atomic E-state index is 11.8. The van der Waals surface area contributed by atoms with Crippen LogP contribution in [0.5, 0.6) is 0 Å². The highest BCUT2D eigenvalue weighted by Gasteiger charge is 2.30. The SMILES string of the molecule is Cc1cccc(/C=N\NC(=O)[C@@H](O)[C@@H](O)C(=O)N/N=C\c2cccc(C)n2)n1. The molecule has 0 saturated carbocycles. The van der Waals surface area contributed by atoms with Crippen molar-refractivity contribution in [3.8, 4) is 0 Å². The van der Waals surface area contributed by atoms with Gasteiger partial charge in [-0.15, -0.1) is 0 Å². The lowest BCUT2D eigenvalue weighted by Crippen LogP contribution is -2.47. The highest BCUT2D eigenvalue weighted by Crippen LogP contribution is 1.97. The maximum absolute atomic E-state index is 11.8. The molecule has 146 valence electrons. The van der Waals surface area contributed by atoms with Crippen LogP contribution in [0.3, 0.4) is 0 Å². The lowest BCUT2D eigenvalue weighted by molar-refractivity contribution is -0.146. The number of aliphatic hydroxyl groups excluding tert-OH is 2. The van der Waals surface area contributed by atoms with E-state index in [1.165, 1.54) is 12.4 Å². The Morgan fingerprint density at radius 1 is 0.857 bits per heavy atom. The Hall–Kier alpha value is -3.50. The normalized spacial score (nSPS) is 13.4. The summed E-state index contributed by atoms with van der Waals surface area (Å²) >= 11 is 0. The molecular formula is C18H20N6O4. The molecule has 10 nitrogen and oxygen atoms in total. The number of rotatable bonds is 7. The summed E-state index contributed by atoms with van der Waals surface area (Å²) in [5, 5.41) is 26.8. The molecule has 0 bridgehead atoms. The molecule has 0 aliphatic heterocycles. The molecule has 28 heavy (non-hydrogen) atoms. The van der Waals surface area contributed by atoms with E-state index >= 15 is 0 Å². The molecule has 2 aromatic heterocycles. The van der Waals surface area contributed by atoms with Gasteiger partial charge in [-0.25, -0.2) is 10.9 Å². The van der Waals surface area contributed by atoms with Crippen molar-refractivity contribution in [3.05, 3.63) is 59.2 Å². The third-order valence-electron chi connectivity index (χ3n) is 3.40. The number of aryl methyl sites for hydroxylation is 2. The van der Waals surface area contributed by atoms with E-state index in [2.05, 4.69) is 20.2 Å². The van der Waals surface area contributed by atoms with Crippen molar-refractivity contribution in [3.63, 3.8) is 0 Å². The number of hydrazone groups is 2. The van der Waals surface area contributed by atoms with Crippen molar-refractivity contribution in [1.82, 2.24) is 20.8 Å². The number of hydrogen-bond acceptors (Lipinski definition) is 8. The van der Waals surface area contributed by atoms with Gasteiger partial charge in [-0.2, -0.15) is 10.2 Å². The summed E-state index contributed by atoms with van der Waals surface area (Å²) in [6.07, 6.45) is -1.53. The van der Waals surface area contributed by atoms with Crippen LogP contribution in [0.4, 0.5) is 0 Å². The van der Waals surface area contributed by atoms with Gasteiger partial charge >= 0.3 is 0 Å². The second-order valence-electron chi connectivity index (χ2n) is 5.77. The van der Waals surface area contributed by atoms with E-state index in [0.717, 1.165) is 11.4 Å². The Labute approximate surface area is 161 Å². The van der Waals surface area contributed by atoms with Crippen molar-refractivity contribution in [2.24, 2.45) is 10.2 Å². The lowest BCUT2D eigenvalue weighted by atomic mass is 10.2. The molecule has 4 N–H and O–H groups in total. The first-order chi connectivity index (χ1) is 13.4. The molecule has 0 aliphatic carbocycles. The first-order valence-corrected chi connectivity index (χ1v) is 8.26. The number of carbonyl (C=O) groups excluding carboxylic acids is 2. The van der Waals surface area contributed by atoms with Crippen LogP contribution < -0.4 is 10.9 Å². The molecular weight excluding hydrogens is 364 g/mol. The van der Waals surface area contributed by atoms with Gasteiger partial charge in [0.05, 0.1) is 23.8 Å². The van der Waals surface area contributed by atoms with Gasteiger partial charge in [0.25, 0.3) is 11.8 Å². The zero-order valence-electron chi connectivity index (χ0n) is 15.3. The monoisotopic (exact) mass is 384 g/mol. The van der Waals surface area contributed by atoms with Gasteiger partial charge in [0.15, 0.2) is 12.2 Å². The molecule has 0 aliphatic rings. The smallest absolute Gasteiger partial charge is 0.272 e. The molecule has 0 fully saturated rings. The minimum absolute atomic E-state index is 0.493. The van der Waals surface area contributed by atoms with Crippen molar-refractivity contribution in [1.29, 1.82) is 0 Å². The number of amides is 2. The molecule has 0 saturated heterocycles. The second-order valence-corrected chi connectivity index (χ2v) is 5.77. The van der Waals surface area contributed by atoms with Crippen molar-refractivity contribution < 1.29 is 19.8 Å². The summed E-state index contributed by atoms with van der Waals surface area (Å²) in [6, 6.07) is 10.5. The van der Waals surface area contributed by atoms with E-state index in [1.807, 2.05) is 10.9 Å². The molecule has 2 heterocycles. The van der Waals surface area contributed by atoms with E-state index in [4.69, 9.17) is 0 Å². The highest BCUT2D eigenvalue weighted by atomic mass is 16.3. The van der Waals surface area contributed by atoms with Gasteiger partial charge in [-0.1, -0.05) is 12.1 Å². The predicted molar refractivity (Wildman–Crippen MR) is 101 cm³/mol. The van der Waals surface area contributed by atoms with E-state index in [0.29, 0.717) is 11.4 Å². The van der Waals surface area contributed by atoms with Crippen LogP contribution in [0.25, 0.3) is 0 Å². The van der Waals surface area contributed by atoms with E-state index < -0.39 is 24.0 Å². The molecule has 0 spiro atoms. The lowest BCUT2D eigenvalue weighted by Gasteiger charge is -2.14. The van der Waals surface area contributed by atoms with Crippen molar-refractivity contribution >= 4 is 24.2 Å². The Morgan fingerprint density at radius 3 is 1.61 bits per heavy atom. The first kappa shape index (κ1) is 20.8. The summed E-state index contributed by atoms with van der Waals surface area (Å²) in [6.45, 7) is 3.60. The quantitative estimate of drug-likeness (QED) is 0.370. The van der Waals surface area contributed by atoms with Crippen molar-refractivity contribution in [2.75, 3.05) is 0 Å². The predicted octanol–water partition coefficient (Wildman–Crippen LogP) is -0.584. The van der Waals surface area contributed by atoms with Gasteiger partial charge in [0, 0.05) is 11.4 Å². The van der Waals surface area contributed by atoms with Crippen LogP contribution in [0, 0.1) is 13.8 Å². The fourth-order valence-corrected chi connectivity index (χ4v) is 2.02. The van der Waals surface area contributed by atoms with E-state index in [9.17, 15) is 19.8 Å². The zero-order chi connectivity index (χ0) is 20.5. The Bertz CT molecular complexity index is 826. The van der Waals surface area contributed by atoms with Crippen molar-refractivity contribution in [2.45, 2.75) is 26.1 Å². The molecule has 2 amide bonds. The number of nitrogens with one attached hydrogen (secondary N) is 2. The molecule has 2 aromatic rings. The largest absolute Gasteiger partial charge is 0.380 e. The minimum atomic E-state index is -2.03. The average molecular weight is 384 g/mol. The number of pyridine rings is 2. The molecule has 0 unspecified atom stereocenters. The summed E-state index contributed by atoms with van der Waals surface area (Å²) in [4.78, 5) is 31.9. The van der Waals surface area contributed by atoms with Crippen LogP contribution in [0.15, 0.2) is 46.6 Å². The van der Waals surface area contributed by atoms with Gasteiger partial charge in [-0.3, -0.25) is 19.6 Å². The standard InChI is InChI=1S/C18H20N6O4/c1-11-5-3-7-13(21-11)9-19-23-17(27)15(25)16(26)18(28)24-20-10-14-8-4-6-12(2)22-14/h3-10,15-16,25-26H,1-2H3,(H,23,27)(H,24,28)/b19-9-,20-10-/t15-,16+. The van der Waals surface area contributed by atoms with E-state index in [-0.39, 0.29) is 0 Å². The fraction of sp³-hybridized carbons (Fsp3) is 0.222. The first-order valence-electron chi connectivity index (χ1n) is 8.26. The topological polar surface area (TPSA) is 149 Å². The number of nitrogens with zero attached hydrogens (tertiary/aromatic N) is 4. The Kier molecular flexibility index (Phi) is 7.43. The Balaban J connectivity index is 1.85. The summed E-state index contributed by atoms with van der Waals surface area (Å²) in [5.41, 5.74) is 6.57. The minimum Gasteiger partial charge on any atom is -0.380 e. The number of aromatic nitrogens is 2. The molecule has 0 aromatic carbocycles. The van der Waals surface area contributed by atoms with Gasteiger partial charge in [0.2, 0.25) is 0 Å². The van der Waals surface area contributed by atoms with Gasteiger partial charge in [-0.05, 0) is 38.1 Å². The Morgan fingerprint density at radius 2 is 1.25 bits per heavy atom. The second kappa shape index (κ2) is 10.00. The number of aliphatic hydroxyl groups is 2. The summed E-state index contributed by atoms with van der Waals surface area (Å²) in [5.74, 6) is -2.12. The maximum Gasteiger partial charge on any atom is 0.272 e. The van der Waals surface area contributed by atoms with Gasteiger partial charge in [0.1, 0.15) is 0 Å². The average Bonchev–Trinajstić information content (AvgIpc) is 2.66.